The number of aryl methyl sites for hydroxylation is 1. The van der Waals surface area contributed by atoms with Crippen molar-refractivity contribution in [2.75, 3.05) is 0 Å². The molecule has 2 unspecified atom stereocenters. The van der Waals surface area contributed by atoms with Crippen LogP contribution < -0.4 is 10.3 Å². The van der Waals surface area contributed by atoms with Gasteiger partial charge in [-0.05, 0) is 49.1 Å². The normalized spacial score (nSPS) is 18.7. The lowest BCUT2D eigenvalue weighted by atomic mass is 9.64. The Kier molecular flexibility index (Phi) is 6.78. The second kappa shape index (κ2) is 9.72. The van der Waals surface area contributed by atoms with Crippen LogP contribution in [0.25, 0.3) is 0 Å². The molecule has 1 aromatic heterocycles. The van der Waals surface area contributed by atoms with Gasteiger partial charge in [-0.1, -0.05) is 74.0 Å². The molecule has 3 aromatic rings. The topological polar surface area (TPSA) is 51.9 Å². The molecule has 0 saturated heterocycles. The van der Waals surface area contributed by atoms with Crippen LogP contribution in [0.5, 0.6) is 0 Å². The molecule has 0 aliphatic heterocycles. The number of carbonyl (C=O) groups is 1. The van der Waals surface area contributed by atoms with E-state index in [2.05, 4.69) is 59.6 Å². The van der Waals surface area contributed by atoms with Gasteiger partial charge in [0.2, 0.25) is 5.91 Å². The zero-order valence-electron chi connectivity index (χ0n) is 19.4. The van der Waals surface area contributed by atoms with Gasteiger partial charge in [-0.2, -0.15) is 0 Å². The molecule has 1 heterocycles. The number of rotatable bonds is 9. The quantitative estimate of drug-likeness (QED) is 0.373. The number of unbranched alkanes of at least 4 members (excludes halogenated alkanes) is 2. The summed E-state index contributed by atoms with van der Waals surface area (Å²) in [5, 5.41) is 0. The predicted molar refractivity (Wildman–Crippen MR) is 128 cm³/mol. The molecule has 1 aliphatic rings. The van der Waals surface area contributed by atoms with E-state index in [1.54, 1.807) is 0 Å². The van der Waals surface area contributed by atoms with Gasteiger partial charge in [-0.15, -0.1) is 0 Å². The fraction of sp³-hybridized carbons (Fsp3) is 0.429. The first-order valence-electron chi connectivity index (χ1n) is 12.1. The Morgan fingerprint density at radius 1 is 1.03 bits per heavy atom. The standard InChI is InChI=1S/C28H35N3O/c1-3-4-11-18-30-19-20-31(22(30)2)26-17-16-25(21-26)28(27(29)32,23-12-7-5-8-13-23)24-14-9-6-10-15-24/h5-10,12-15,19-20,25-26H,3-4,11,16-18,21H2,1-2H3,(H-,29,32)/p+1. The summed E-state index contributed by atoms with van der Waals surface area (Å²) in [5.74, 6) is 1.21. The van der Waals surface area contributed by atoms with Gasteiger partial charge in [0.05, 0.1) is 6.54 Å². The molecule has 0 spiro atoms. The van der Waals surface area contributed by atoms with Gasteiger partial charge in [0.15, 0.2) is 0 Å². The lowest BCUT2D eigenvalue weighted by Crippen LogP contribution is -2.47. The Balaban J connectivity index is 1.67. The summed E-state index contributed by atoms with van der Waals surface area (Å²) in [4.78, 5) is 13.3. The monoisotopic (exact) mass is 430 g/mol. The Bertz CT molecular complexity index is 986. The Morgan fingerprint density at radius 3 is 2.22 bits per heavy atom. The lowest BCUT2D eigenvalue weighted by molar-refractivity contribution is -0.703. The maximum atomic E-state index is 13.3. The fourth-order valence-corrected chi connectivity index (χ4v) is 5.80. The van der Waals surface area contributed by atoms with Crippen molar-refractivity contribution < 1.29 is 9.36 Å². The summed E-state index contributed by atoms with van der Waals surface area (Å²) in [6.45, 7) is 5.53. The highest BCUT2D eigenvalue weighted by Crippen LogP contribution is 2.49. The van der Waals surface area contributed by atoms with Gasteiger partial charge in [0, 0.05) is 6.92 Å². The third-order valence-corrected chi connectivity index (χ3v) is 7.46. The number of nitrogens with zero attached hydrogens (tertiary/aromatic N) is 2. The maximum absolute atomic E-state index is 13.3. The molecule has 1 aliphatic carbocycles. The minimum atomic E-state index is -0.810. The molecule has 1 saturated carbocycles. The SMILES string of the molecule is CCCCC[n+]1ccn(C2CCC(C(C(N)=O)(c3ccccc3)c3ccccc3)C2)c1C. The van der Waals surface area contributed by atoms with Crippen LogP contribution in [0.4, 0.5) is 0 Å². The van der Waals surface area contributed by atoms with Crippen LogP contribution >= 0.6 is 0 Å². The number of aromatic nitrogens is 2. The van der Waals surface area contributed by atoms with Gasteiger partial charge in [-0.25, -0.2) is 9.13 Å². The van der Waals surface area contributed by atoms with Crippen LogP contribution in [0.1, 0.15) is 68.4 Å². The zero-order chi connectivity index (χ0) is 22.6. The third-order valence-electron chi connectivity index (χ3n) is 7.46. The number of carbonyl (C=O) groups excluding carboxylic acids is 1. The van der Waals surface area contributed by atoms with Crippen molar-refractivity contribution in [3.05, 3.63) is 90.0 Å². The second-order valence-electron chi connectivity index (χ2n) is 9.22. The summed E-state index contributed by atoms with van der Waals surface area (Å²) in [5.41, 5.74) is 7.45. The number of benzene rings is 2. The van der Waals surface area contributed by atoms with E-state index >= 15 is 0 Å². The molecule has 32 heavy (non-hydrogen) atoms. The number of nitrogens with two attached hydrogens (primary N) is 1. The number of hydrogen-bond acceptors (Lipinski definition) is 1. The number of primary amides is 1. The average molecular weight is 431 g/mol. The van der Waals surface area contributed by atoms with Crippen molar-refractivity contribution in [1.29, 1.82) is 0 Å². The molecule has 168 valence electrons. The van der Waals surface area contributed by atoms with Crippen LogP contribution in [-0.2, 0) is 16.8 Å². The number of imidazole rings is 1. The first kappa shape index (κ1) is 22.3. The summed E-state index contributed by atoms with van der Waals surface area (Å²) in [7, 11) is 0. The first-order valence-corrected chi connectivity index (χ1v) is 12.1. The number of amides is 1. The van der Waals surface area contributed by atoms with Crippen LogP contribution in [-0.4, -0.2) is 10.5 Å². The minimum Gasteiger partial charge on any atom is -0.369 e. The zero-order valence-corrected chi connectivity index (χ0v) is 19.4. The molecule has 2 aromatic carbocycles. The van der Waals surface area contributed by atoms with E-state index in [4.69, 9.17) is 5.73 Å². The van der Waals surface area contributed by atoms with Crippen molar-refractivity contribution in [2.45, 2.75) is 70.4 Å². The fourth-order valence-electron chi connectivity index (χ4n) is 5.80. The summed E-state index contributed by atoms with van der Waals surface area (Å²) < 4.78 is 4.80. The molecule has 2 atom stereocenters. The van der Waals surface area contributed by atoms with Crippen molar-refractivity contribution in [3.8, 4) is 0 Å². The average Bonchev–Trinajstić information content (AvgIpc) is 3.43. The van der Waals surface area contributed by atoms with Crippen molar-refractivity contribution in [3.63, 3.8) is 0 Å². The van der Waals surface area contributed by atoms with Crippen LogP contribution in [0, 0.1) is 12.8 Å². The molecule has 4 rings (SSSR count). The molecule has 0 radical (unpaired) electrons. The second-order valence-corrected chi connectivity index (χ2v) is 9.22. The van der Waals surface area contributed by atoms with Crippen LogP contribution in [0.2, 0.25) is 0 Å². The molecule has 1 fully saturated rings. The third kappa shape index (κ3) is 3.99. The smallest absolute Gasteiger partial charge is 0.253 e. The highest BCUT2D eigenvalue weighted by atomic mass is 16.1. The summed E-state index contributed by atoms with van der Waals surface area (Å²) >= 11 is 0. The van der Waals surface area contributed by atoms with Crippen molar-refractivity contribution in [2.24, 2.45) is 11.7 Å². The van der Waals surface area contributed by atoms with E-state index < -0.39 is 5.41 Å². The molecular weight excluding hydrogens is 394 g/mol. The van der Waals surface area contributed by atoms with E-state index in [1.807, 2.05) is 36.4 Å². The Labute approximate surface area is 192 Å². The van der Waals surface area contributed by atoms with Crippen LogP contribution in [0.3, 0.4) is 0 Å². The largest absolute Gasteiger partial charge is 0.369 e. The first-order chi connectivity index (χ1) is 15.6. The molecule has 1 amide bonds. The van der Waals surface area contributed by atoms with E-state index in [1.165, 1.54) is 25.1 Å². The van der Waals surface area contributed by atoms with Crippen LogP contribution in [0.15, 0.2) is 73.1 Å². The van der Waals surface area contributed by atoms with E-state index in [9.17, 15) is 4.79 Å². The van der Waals surface area contributed by atoms with Gasteiger partial charge in [-0.3, -0.25) is 4.79 Å². The summed E-state index contributed by atoms with van der Waals surface area (Å²) in [6, 6.07) is 20.7. The molecule has 4 heteroatoms. The maximum Gasteiger partial charge on any atom is 0.253 e. The van der Waals surface area contributed by atoms with Gasteiger partial charge in [0.25, 0.3) is 5.82 Å². The van der Waals surface area contributed by atoms with E-state index in [-0.39, 0.29) is 11.8 Å². The number of hydrogen-bond donors (Lipinski definition) is 1. The van der Waals surface area contributed by atoms with Crippen molar-refractivity contribution in [1.82, 2.24) is 4.57 Å². The lowest BCUT2D eigenvalue weighted by Gasteiger charge is -2.37. The highest BCUT2D eigenvalue weighted by molar-refractivity contribution is 5.91. The Hall–Kier alpha value is -2.88. The van der Waals surface area contributed by atoms with Gasteiger partial charge in [0.1, 0.15) is 23.9 Å². The Morgan fingerprint density at radius 2 is 1.66 bits per heavy atom. The predicted octanol–water partition coefficient (Wildman–Crippen LogP) is 5.09. The van der Waals surface area contributed by atoms with E-state index in [0.29, 0.717) is 6.04 Å². The molecular formula is C28H36N3O+. The molecule has 0 bridgehead atoms. The van der Waals surface area contributed by atoms with E-state index in [0.717, 1.165) is 36.9 Å². The minimum absolute atomic E-state index is 0.158. The highest BCUT2D eigenvalue weighted by Gasteiger charge is 2.51. The van der Waals surface area contributed by atoms with Crippen molar-refractivity contribution >= 4 is 5.91 Å². The molecule has 2 N–H and O–H groups in total. The molecule has 4 nitrogen and oxygen atoms in total. The summed E-state index contributed by atoms with van der Waals surface area (Å²) in [6.07, 6.45) is 11.1. The van der Waals surface area contributed by atoms with Gasteiger partial charge < -0.3 is 5.73 Å². The van der Waals surface area contributed by atoms with Gasteiger partial charge >= 0.3 is 0 Å².